The van der Waals surface area contributed by atoms with E-state index >= 15 is 0 Å². The van der Waals surface area contributed by atoms with Crippen LogP contribution in [-0.4, -0.2) is 38.6 Å². The van der Waals surface area contributed by atoms with Crippen LogP contribution in [0.15, 0.2) is 18.2 Å². The second-order valence-corrected chi connectivity index (χ2v) is 4.60. The van der Waals surface area contributed by atoms with Crippen LogP contribution in [0.5, 0.6) is 11.5 Å². The summed E-state index contributed by atoms with van der Waals surface area (Å²) in [7, 11) is 3.10. The molecule has 20 heavy (non-hydrogen) atoms. The topological polar surface area (TPSA) is 67.9 Å². The molecule has 1 aromatic rings. The summed E-state index contributed by atoms with van der Waals surface area (Å²) in [5.74, 6) is 0.932. The molecule has 0 aromatic heterocycles. The Labute approximate surface area is 117 Å². The van der Waals surface area contributed by atoms with Crippen LogP contribution in [0.3, 0.4) is 0 Å². The van der Waals surface area contributed by atoms with Gasteiger partial charge in [-0.15, -0.1) is 0 Å². The minimum Gasteiger partial charge on any atom is -0.497 e. The molecule has 0 bridgehead atoms. The lowest BCUT2D eigenvalue weighted by Crippen LogP contribution is -2.42. The fourth-order valence-electron chi connectivity index (χ4n) is 2.14. The number of anilines is 1. The molecule has 1 atom stereocenters. The van der Waals surface area contributed by atoms with Crippen LogP contribution < -0.4 is 19.7 Å². The summed E-state index contributed by atoms with van der Waals surface area (Å²) >= 11 is 0. The first-order chi connectivity index (χ1) is 9.55. The number of hydrogen-bond donors (Lipinski definition) is 1. The van der Waals surface area contributed by atoms with Crippen molar-refractivity contribution in [2.24, 2.45) is 0 Å². The van der Waals surface area contributed by atoms with E-state index in [0.717, 1.165) is 0 Å². The Balaban J connectivity index is 2.38. The van der Waals surface area contributed by atoms with Crippen LogP contribution in [0, 0.1) is 0 Å². The van der Waals surface area contributed by atoms with Gasteiger partial charge in [-0.3, -0.25) is 9.59 Å². The molecule has 1 aliphatic rings. The molecule has 1 saturated heterocycles. The van der Waals surface area contributed by atoms with Gasteiger partial charge in [-0.25, -0.2) is 0 Å². The number of hydrogen-bond acceptors (Lipinski definition) is 4. The molecule has 1 heterocycles. The molecule has 0 spiro atoms. The molecular weight excluding hydrogens is 260 g/mol. The number of ether oxygens (including phenoxy) is 2. The van der Waals surface area contributed by atoms with Crippen molar-refractivity contribution in [1.82, 2.24) is 5.32 Å². The third-order valence-corrected chi connectivity index (χ3v) is 3.22. The summed E-state index contributed by atoms with van der Waals surface area (Å²) in [5.41, 5.74) is 0.662. The lowest BCUT2D eigenvalue weighted by atomic mass is 10.2. The van der Waals surface area contributed by atoms with Crippen molar-refractivity contribution in [2.45, 2.75) is 19.4 Å². The van der Waals surface area contributed by atoms with E-state index in [1.54, 1.807) is 44.2 Å². The molecule has 6 nitrogen and oxygen atoms in total. The molecule has 1 N–H and O–H groups in total. The molecule has 108 valence electrons. The quantitative estimate of drug-likeness (QED) is 0.893. The summed E-state index contributed by atoms with van der Waals surface area (Å²) < 4.78 is 10.4. The van der Waals surface area contributed by atoms with Gasteiger partial charge in [0.15, 0.2) is 0 Å². The molecular formula is C14H18N2O4. The minimum absolute atomic E-state index is 0.122. The Kier molecular flexibility index (Phi) is 4.12. The SMILES string of the molecule is COc1cc(OC)cc(N2CCC(=O)NC(C)C2=O)c1. The van der Waals surface area contributed by atoms with E-state index < -0.39 is 6.04 Å². The molecule has 0 aliphatic carbocycles. The highest BCUT2D eigenvalue weighted by Gasteiger charge is 2.28. The number of nitrogens with zero attached hydrogens (tertiary/aromatic N) is 1. The van der Waals surface area contributed by atoms with E-state index in [2.05, 4.69) is 5.32 Å². The van der Waals surface area contributed by atoms with Crippen molar-refractivity contribution in [1.29, 1.82) is 0 Å². The maximum absolute atomic E-state index is 12.3. The number of benzene rings is 1. The normalized spacial score (nSPS) is 19.4. The number of carbonyl (C=O) groups is 2. The smallest absolute Gasteiger partial charge is 0.249 e. The first kappa shape index (κ1) is 14.2. The number of rotatable bonds is 3. The van der Waals surface area contributed by atoms with Gasteiger partial charge >= 0.3 is 0 Å². The number of amides is 2. The highest BCUT2D eigenvalue weighted by molar-refractivity contribution is 6.01. The van der Waals surface area contributed by atoms with E-state index in [1.807, 2.05) is 0 Å². The monoisotopic (exact) mass is 278 g/mol. The van der Waals surface area contributed by atoms with Crippen LogP contribution >= 0.6 is 0 Å². The predicted octanol–water partition coefficient (Wildman–Crippen LogP) is 0.945. The number of nitrogens with one attached hydrogen (secondary N) is 1. The highest BCUT2D eigenvalue weighted by atomic mass is 16.5. The Bertz CT molecular complexity index is 508. The first-order valence-corrected chi connectivity index (χ1v) is 6.39. The zero-order chi connectivity index (χ0) is 14.7. The first-order valence-electron chi connectivity index (χ1n) is 6.39. The Hall–Kier alpha value is -2.24. The predicted molar refractivity (Wildman–Crippen MR) is 74.1 cm³/mol. The summed E-state index contributed by atoms with van der Waals surface area (Å²) in [4.78, 5) is 25.4. The molecule has 0 radical (unpaired) electrons. The summed E-state index contributed by atoms with van der Waals surface area (Å²) in [6.45, 7) is 2.02. The molecule has 1 unspecified atom stereocenters. The zero-order valence-corrected chi connectivity index (χ0v) is 11.8. The van der Waals surface area contributed by atoms with Gasteiger partial charge < -0.3 is 19.7 Å². The van der Waals surface area contributed by atoms with Gasteiger partial charge in [0.25, 0.3) is 0 Å². The average molecular weight is 278 g/mol. The summed E-state index contributed by atoms with van der Waals surface area (Å²) in [6, 6.07) is 4.70. The van der Waals surface area contributed by atoms with Crippen molar-refractivity contribution in [3.63, 3.8) is 0 Å². The standard InChI is InChI=1S/C14H18N2O4/c1-9-14(18)16(5-4-13(17)15-9)10-6-11(19-2)8-12(7-10)20-3/h6-9H,4-5H2,1-3H3,(H,15,17). The van der Waals surface area contributed by atoms with E-state index in [-0.39, 0.29) is 18.2 Å². The van der Waals surface area contributed by atoms with Gasteiger partial charge in [-0.2, -0.15) is 0 Å². The maximum Gasteiger partial charge on any atom is 0.249 e. The zero-order valence-electron chi connectivity index (χ0n) is 11.8. The van der Waals surface area contributed by atoms with E-state index in [1.165, 1.54) is 0 Å². The van der Waals surface area contributed by atoms with E-state index in [9.17, 15) is 9.59 Å². The Morgan fingerprint density at radius 3 is 2.30 bits per heavy atom. The third kappa shape index (κ3) is 2.84. The van der Waals surface area contributed by atoms with Crippen LogP contribution in [0.4, 0.5) is 5.69 Å². The van der Waals surface area contributed by atoms with Crippen molar-refractivity contribution >= 4 is 17.5 Å². The van der Waals surface area contributed by atoms with Gasteiger partial charge in [-0.05, 0) is 6.92 Å². The fraction of sp³-hybridized carbons (Fsp3) is 0.429. The second-order valence-electron chi connectivity index (χ2n) is 4.60. The molecule has 2 amide bonds. The van der Waals surface area contributed by atoms with Gasteiger partial charge in [0, 0.05) is 31.2 Å². The van der Waals surface area contributed by atoms with Crippen molar-refractivity contribution in [3.05, 3.63) is 18.2 Å². The van der Waals surface area contributed by atoms with Crippen molar-refractivity contribution in [2.75, 3.05) is 25.7 Å². The molecule has 6 heteroatoms. The van der Waals surface area contributed by atoms with E-state index in [0.29, 0.717) is 23.7 Å². The van der Waals surface area contributed by atoms with Crippen LogP contribution in [0.2, 0.25) is 0 Å². The number of carbonyl (C=O) groups excluding carboxylic acids is 2. The maximum atomic E-state index is 12.3. The van der Waals surface area contributed by atoms with Crippen molar-refractivity contribution < 1.29 is 19.1 Å². The van der Waals surface area contributed by atoms with Gasteiger partial charge in [0.1, 0.15) is 17.5 Å². The molecule has 0 saturated carbocycles. The third-order valence-electron chi connectivity index (χ3n) is 3.22. The molecule has 1 aromatic carbocycles. The van der Waals surface area contributed by atoms with Crippen LogP contribution in [-0.2, 0) is 9.59 Å². The summed E-state index contributed by atoms with van der Waals surface area (Å²) in [6.07, 6.45) is 0.273. The molecule has 1 aliphatic heterocycles. The van der Waals surface area contributed by atoms with Crippen LogP contribution in [0.25, 0.3) is 0 Å². The van der Waals surface area contributed by atoms with Gasteiger partial charge in [0.2, 0.25) is 11.8 Å². The Morgan fingerprint density at radius 2 is 1.75 bits per heavy atom. The second kappa shape index (κ2) is 5.81. The molecule has 2 rings (SSSR count). The minimum atomic E-state index is -0.540. The van der Waals surface area contributed by atoms with E-state index in [4.69, 9.17) is 9.47 Å². The largest absolute Gasteiger partial charge is 0.497 e. The van der Waals surface area contributed by atoms with Crippen LogP contribution in [0.1, 0.15) is 13.3 Å². The van der Waals surface area contributed by atoms with Gasteiger partial charge in [0.05, 0.1) is 19.9 Å². The molecule has 1 fully saturated rings. The van der Waals surface area contributed by atoms with Gasteiger partial charge in [-0.1, -0.05) is 0 Å². The lowest BCUT2D eigenvalue weighted by Gasteiger charge is -2.23. The lowest BCUT2D eigenvalue weighted by molar-refractivity contribution is -0.125. The van der Waals surface area contributed by atoms with Crippen molar-refractivity contribution in [3.8, 4) is 11.5 Å². The Morgan fingerprint density at radius 1 is 1.15 bits per heavy atom. The number of methoxy groups -OCH3 is 2. The summed E-state index contributed by atoms with van der Waals surface area (Å²) in [5, 5.41) is 2.66. The highest BCUT2D eigenvalue weighted by Crippen LogP contribution is 2.29. The fourth-order valence-corrected chi connectivity index (χ4v) is 2.14. The average Bonchev–Trinajstić information content (AvgIpc) is 2.58.